The number of pyridine rings is 1. The summed E-state index contributed by atoms with van der Waals surface area (Å²) in [6.45, 7) is 2.02. The van der Waals surface area contributed by atoms with Gasteiger partial charge in [0.25, 0.3) is 0 Å². The first kappa shape index (κ1) is 21.5. The van der Waals surface area contributed by atoms with E-state index in [0.717, 1.165) is 44.8 Å². The fourth-order valence-corrected chi connectivity index (χ4v) is 3.39. The fourth-order valence-electron chi connectivity index (χ4n) is 3.39. The van der Waals surface area contributed by atoms with Crippen LogP contribution in [-0.2, 0) is 17.1 Å². The Morgan fingerprint density at radius 3 is 1.28 bits per heavy atom. The van der Waals surface area contributed by atoms with Crippen molar-refractivity contribution in [3.05, 3.63) is 101 Å². The smallest absolute Gasteiger partial charge is 0.0658 e. The number of nitrogens with one attached hydrogen (secondary N) is 2. The molecular formula is C26H21FeN5. The largest absolute Gasteiger partial charge is 0.355 e. The van der Waals surface area contributed by atoms with Gasteiger partial charge in [0.2, 0.25) is 0 Å². The van der Waals surface area contributed by atoms with E-state index in [1.807, 2.05) is 73.8 Å². The second-order valence-corrected chi connectivity index (χ2v) is 7.44. The van der Waals surface area contributed by atoms with E-state index >= 15 is 0 Å². The summed E-state index contributed by atoms with van der Waals surface area (Å²) in [5.74, 6) is 0. The summed E-state index contributed by atoms with van der Waals surface area (Å²) in [5, 5.41) is 0. The second-order valence-electron chi connectivity index (χ2n) is 7.44. The van der Waals surface area contributed by atoms with Crippen LogP contribution in [0.4, 0.5) is 0 Å². The zero-order valence-electron chi connectivity index (χ0n) is 17.4. The third kappa shape index (κ3) is 5.30. The standard InChI is InChI=1S/C20H14N4.C6H7N.Fe/c1-2-14-10-16-5-6-18(23-16)12-20-8-7-19(24-20)11-17-4-3-15(22-17)9-13(1)21-14;1-6-3-2-4-7-5-6;/h1-12,21,24H;2-5H,1H3;. The van der Waals surface area contributed by atoms with Crippen molar-refractivity contribution < 1.29 is 17.1 Å². The van der Waals surface area contributed by atoms with E-state index in [9.17, 15) is 0 Å². The van der Waals surface area contributed by atoms with Crippen LogP contribution in [0, 0.1) is 6.92 Å². The van der Waals surface area contributed by atoms with Crippen LogP contribution in [0.1, 0.15) is 28.3 Å². The van der Waals surface area contributed by atoms with Crippen molar-refractivity contribution >= 4 is 46.4 Å². The third-order valence-electron chi connectivity index (χ3n) is 4.85. The van der Waals surface area contributed by atoms with Gasteiger partial charge in [-0.1, -0.05) is 6.07 Å². The van der Waals surface area contributed by atoms with Crippen LogP contribution in [0.5, 0.6) is 0 Å². The van der Waals surface area contributed by atoms with Gasteiger partial charge in [0.05, 0.1) is 22.8 Å². The molecule has 6 heteroatoms. The number of hydrogen-bond acceptors (Lipinski definition) is 3. The molecule has 5 nitrogen and oxygen atoms in total. The molecule has 8 bridgehead atoms. The monoisotopic (exact) mass is 459 g/mol. The molecule has 0 unspecified atom stereocenters. The Morgan fingerprint density at radius 2 is 1.00 bits per heavy atom. The normalized spacial score (nSPS) is 11.4. The Kier molecular flexibility index (Phi) is 6.45. The van der Waals surface area contributed by atoms with Crippen LogP contribution in [0.15, 0.2) is 73.1 Å². The third-order valence-corrected chi connectivity index (χ3v) is 4.85. The summed E-state index contributed by atoms with van der Waals surface area (Å²) in [7, 11) is 0. The van der Waals surface area contributed by atoms with Crippen LogP contribution in [0.2, 0.25) is 0 Å². The number of fused-ring (bicyclic) bond motifs is 8. The summed E-state index contributed by atoms with van der Waals surface area (Å²) < 4.78 is 0. The van der Waals surface area contributed by atoms with Gasteiger partial charge < -0.3 is 9.97 Å². The SMILES string of the molecule is C1=Cc2cc3ccc(cc4nc(cc5ccc(cc1n2)[nH]5)C=C4)[nH]3.Cc1cccnc1.[Fe]. The van der Waals surface area contributed by atoms with E-state index in [-0.39, 0.29) is 17.1 Å². The summed E-state index contributed by atoms with van der Waals surface area (Å²) >= 11 is 0. The van der Waals surface area contributed by atoms with Gasteiger partial charge in [-0.3, -0.25) is 4.98 Å². The van der Waals surface area contributed by atoms with E-state index in [2.05, 4.69) is 49.2 Å². The van der Waals surface area contributed by atoms with Gasteiger partial charge in [-0.05, 0) is 91.4 Å². The van der Waals surface area contributed by atoms with Crippen LogP contribution in [-0.4, -0.2) is 24.9 Å². The van der Waals surface area contributed by atoms with E-state index < -0.39 is 0 Å². The maximum Gasteiger partial charge on any atom is 0.0658 e. The molecule has 0 saturated heterocycles. The molecule has 6 rings (SSSR count). The Labute approximate surface area is 196 Å². The van der Waals surface area contributed by atoms with Crippen LogP contribution in [0.25, 0.3) is 46.4 Å². The summed E-state index contributed by atoms with van der Waals surface area (Å²) in [6, 6.07) is 20.3. The molecule has 0 spiro atoms. The average molecular weight is 459 g/mol. The number of rotatable bonds is 0. The number of aryl methyl sites for hydroxylation is 1. The van der Waals surface area contributed by atoms with Gasteiger partial charge in [0.15, 0.2) is 0 Å². The molecule has 0 aliphatic carbocycles. The predicted molar refractivity (Wildman–Crippen MR) is 128 cm³/mol. The maximum atomic E-state index is 4.63. The molecule has 4 aromatic rings. The molecule has 6 heterocycles. The molecule has 0 saturated carbocycles. The first-order valence-electron chi connectivity index (χ1n) is 10.1. The van der Waals surface area contributed by atoms with Crippen molar-refractivity contribution in [3.63, 3.8) is 0 Å². The zero-order chi connectivity index (χ0) is 21.0. The first-order chi connectivity index (χ1) is 15.2. The van der Waals surface area contributed by atoms with Gasteiger partial charge in [-0.2, -0.15) is 0 Å². The molecule has 2 aliphatic heterocycles. The Hall–Kier alpha value is -3.73. The Balaban J connectivity index is 0.000000265. The summed E-state index contributed by atoms with van der Waals surface area (Å²) in [4.78, 5) is 19.9. The van der Waals surface area contributed by atoms with Gasteiger partial charge >= 0.3 is 0 Å². The van der Waals surface area contributed by atoms with Crippen molar-refractivity contribution in [1.29, 1.82) is 0 Å². The number of aromatic nitrogens is 5. The molecule has 158 valence electrons. The molecule has 0 aromatic carbocycles. The maximum absolute atomic E-state index is 4.63. The molecular weight excluding hydrogens is 438 g/mol. The van der Waals surface area contributed by atoms with Crippen LogP contribution >= 0.6 is 0 Å². The van der Waals surface area contributed by atoms with Gasteiger partial charge in [0.1, 0.15) is 0 Å². The molecule has 0 atom stereocenters. The Morgan fingerprint density at radius 1 is 0.594 bits per heavy atom. The minimum Gasteiger partial charge on any atom is -0.355 e. The minimum absolute atomic E-state index is 0. The van der Waals surface area contributed by atoms with Crippen LogP contribution < -0.4 is 0 Å². The molecule has 2 N–H and O–H groups in total. The predicted octanol–water partition coefficient (Wildman–Crippen LogP) is 6.04. The van der Waals surface area contributed by atoms with E-state index in [0.29, 0.717) is 0 Å². The van der Waals surface area contributed by atoms with E-state index in [4.69, 9.17) is 0 Å². The Bertz CT molecular complexity index is 1270. The van der Waals surface area contributed by atoms with Crippen molar-refractivity contribution in [3.8, 4) is 0 Å². The average Bonchev–Trinajstić information content (AvgIpc) is 3.55. The van der Waals surface area contributed by atoms with E-state index in [1.165, 1.54) is 5.56 Å². The second kappa shape index (κ2) is 9.60. The molecule has 32 heavy (non-hydrogen) atoms. The molecule has 4 aromatic heterocycles. The van der Waals surface area contributed by atoms with Gasteiger partial charge in [0, 0.05) is 51.5 Å². The molecule has 0 fully saturated rings. The van der Waals surface area contributed by atoms with Gasteiger partial charge in [-0.25, -0.2) is 9.97 Å². The first-order valence-corrected chi connectivity index (χ1v) is 10.1. The molecule has 0 amide bonds. The van der Waals surface area contributed by atoms with Crippen molar-refractivity contribution in [2.45, 2.75) is 6.92 Å². The van der Waals surface area contributed by atoms with Gasteiger partial charge in [-0.15, -0.1) is 0 Å². The van der Waals surface area contributed by atoms with E-state index in [1.54, 1.807) is 6.20 Å². The fraction of sp³-hybridized carbons (Fsp3) is 0.0385. The topological polar surface area (TPSA) is 70.2 Å². The molecule has 0 radical (unpaired) electrons. The van der Waals surface area contributed by atoms with Crippen molar-refractivity contribution in [1.82, 2.24) is 24.9 Å². The van der Waals surface area contributed by atoms with Crippen LogP contribution in [0.3, 0.4) is 0 Å². The number of H-pyrrole nitrogens is 2. The minimum atomic E-state index is 0. The zero-order valence-corrected chi connectivity index (χ0v) is 18.5. The number of hydrogen-bond donors (Lipinski definition) is 2. The summed E-state index contributed by atoms with van der Waals surface area (Å²) in [6.07, 6.45) is 11.7. The van der Waals surface area contributed by atoms with Crippen molar-refractivity contribution in [2.75, 3.05) is 0 Å². The molecule has 2 aliphatic rings. The summed E-state index contributed by atoms with van der Waals surface area (Å²) in [5.41, 5.74) is 9.07. The number of nitrogens with zero attached hydrogens (tertiary/aromatic N) is 3. The quantitative estimate of drug-likeness (QED) is 0.272. The number of aromatic amines is 2. The van der Waals surface area contributed by atoms with Crippen molar-refractivity contribution in [2.24, 2.45) is 0 Å².